The molecule has 0 spiro atoms. The Labute approximate surface area is 112 Å². The first-order chi connectivity index (χ1) is 9.04. The molecule has 1 aromatic rings. The van der Waals surface area contributed by atoms with Crippen molar-refractivity contribution in [2.45, 2.75) is 25.9 Å². The number of imide groups is 1. The Kier molecular flexibility index (Phi) is 4.34. The summed E-state index contributed by atoms with van der Waals surface area (Å²) in [6.45, 7) is 5.98. The van der Waals surface area contributed by atoms with E-state index in [1.165, 1.54) is 12.3 Å². The number of carbonyl (C=O) groups excluding carboxylic acids is 2. The van der Waals surface area contributed by atoms with Crippen LogP contribution in [-0.2, 0) is 4.79 Å². The third-order valence-electron chi connectivity index (χ3n) is 3.00. The summed E-state index contributed by atoms with van der Waals surface area (Å²) in [5.74, 6) is -0.649. The van der Waals surface area contributed by atoms with Gasteiger partial charge in [0.05, 0.1) is 12.8 Å². The smallest absolute Gasteiger partial charge is 0.293 e. The van der Waals surface area contributed by atoms with Crippen LogP contribution in [0.3, 0.4) is 0 Å². The van der Waals surface area contributed by atoms with Crippen molar-refractivity contribution in [3.8, 4) is 0 Å². The van der Waals surface area contributed by atoms with E-state index >= 15 is 0 Å². The Balaban J connectivity index is 1.82. The second-order valence-electron chi connectivity index (χ2n) is 5.02. The van der Waals surface area contributed by atoms with Gasteiger partial charge < -0.3 is 9.73 Å². The highest BCUT2D eigenvalue weighted by molar-refractivity contribution is 6.03. The lowest BCUT2D eigenvalue weighted by Crippen LogP contribution is -2.56. The van der Waals surface area contributed by atoms with E-state index in [1.807, 2.05) is 4.90 Å². The third kappa shape index (κ3) is 3.90. The van der Waals surface area contributed by atoms with E-state index in [1.54, 1.807) is 6.07 Å². The molecule has 2 heterocycles. The molecule has 2 unspecified atom stereocenters. The predicted octanol–water partition coefficient (Wildman–Crippen LogP) is 0.218. The molecule has 6 heteroatoms. The van der Waals surface area contributed by atoms with Crippen LogP contribution < -0.4 is 10.6 Å². The van der Waals surface area contributed by atoms with Crippen molar-refractivity contribution in [3.05, 3.63) is 24.2 Å². The number of amides is 2. The van der Waals surface area contributed by atoms with Gasteiger partial charge in [0.15, 0.2) is 5.76 Å². The normalized spacial score (nSPS) is 24.1. The van der Waals surface area contributed by atoms with Gasteiger partial charge in [0.25, 0.3) is 5.91 Å². The first kappa shape index (κ1) is 13.8. The number of nitrogens with one attached hydrogen (secondary N) is 2. The Bertz CT molecular complexity index is 434. The molecular weight excluding hydrogens is 246 g/mol. The number of carbonyl (C=O) groups is 2. The van der Waals surface area contributed by atoms with E-state index in [2.05, 4.69) is 24.5 Å². The standard InChI is InChI=1S/C13H19N3O3/c1-9-6-16(7-10(2)14-9)8-12(17)15-13(18)11-4-3-5-19-11/h3-5,9-10,14H,6-8H2,1-2H3,(H,15,17,18). The van der Waals surface area contributed by atoms with Crippen LogP contribution in [0.2, 0.25) is 0 Å². The van der Waals surface area contributed by atoms with Crippen LogP contribution in [0.4, 0.5) is 0 Å². The van der Waals surface area contributed by atoms with Crippen LogP contribution in [0.1, 0.15) is 24.4 Å². The Morgan fingerprint density at radius 3 is 2.68 bits per heavy atom. The lowest BCUT2D eigenvalue weighted by Gasteiger charge is -2.35. The van der Waals surface area contributed by atoms with Gasteiger partial charge in [0, 0.05) is 25.2 Å². The molecule has 6 nitrogen and oxygen atoms in total. The number of hydrogen-bond donors (Lipinski definition) is 2. The van der Waals surface area contributed by atoms with Crippen molar-refractivity contribution in [2.75, 3.05) is 19.6 Å². The molecule has 2 N–H and O–H groups in total. The quantitative estimate of drug-likeness (QED) is 0.817. The highest BCUT2D eigenvalue weighted by Crippen LogP contribution is 2.04. The summed E-state index contributed by atoms with van der Waals surface area (Å²) < 4.78 is 4.93. The Morgan fingerprint density at radius 1 is 1.42 bits per heavy atom. The van der Waals surface area contributed by atoms with Gasteiger partial charge in [-0.25, -0.2) is 0 Å². The number of rotatable bonds is 3. The number of furan rings is 1. The average Bonchev–Trinajstić information content (AvgIpc) is 2.80. The topological polar surface area (TPSA) is 74.6 Å². The van der Waals surface area contributed by atoms with Crippen molar-refractivity contribution in [3.63, 3.8) is 0 Å². The van der Waals surface area contributed by atoms with Crippen LogP contribution in [0, 0.1) is 0 Å². The van der Waals surface area contributed by atoms with Crippen LogP contribution in [0.25, 0.3) is 0 Å². The average molecular weight is 265 g/mol. The monoisotopic (exact) mass is 265 g/mol. The highest BCUT2D eigenvalue weighted by Gasteiger charge is 2.23. The molecule has 0 saturated carbocycles. The van der Waals surface area contributed by atoms with Crippen molar-refractivity contribution in [2.24, 2.45) is 0 Å². The molecule has 1 aliphatic rings. The molecule has 0 aromatic carbocycles. The molecule has 0 radical (unpaired) electrons. The van der Waals surface area contributed by atoms with Gasteiger partial charge in [-0.3, -0.25) is 19.8 Å². The fourth-order valence-electron chi connectivity index (χ4n) is 2.41. The van der Waals surface area contributed by atoms with Crippen LogP contribution >= 0.6 is 0 Å². The molecule has 1 aliphatic heterocycles. The molecular formula is C13H19N3O3. The lowest BCUT2D eigenvalue weighted by atomic mass is 10.1. The maximum atomic E-state index is 11.8. The largest absolute Gasteiger partial charge is 0.459 e. The van der Waals surface area contributed by atoms with Gasteiger partial charge in [-0.15, -0.1) is 0 Å². The molecule has 2 atom stereocenters. The minimum absolute atomic E-state index is 0.149. The van der Waals surface area contributed by atoms with E-state index in [4.69, 9.17) is 4.42 Å². The van der Waals surface area contributed by atoms with Gasteiger partial charge >= 0.3 is 0 Å². The Hall–Kier alpha value is -1.66. The first-order valence-corrected chi connectivity index (χ1v) is 6.40. The fourth-order valence-corrected chi connectivity index (χ4v) is 2.41. The van der Waals surface area contributed by atoms with Crippen LogP contribution in [0.15, 0.2) is 22.8 Å². The zero-order chi connectivity index (χ0) is 13.8. The summed E-state index contributed by atoms with van der Waals surface area (Å²) in [5.41, 5.74) is 0. The minimum atomic E-state index is -0.494. The predicted molar refractivity (Wildman–Crippen MR) is 69.7 cm³/mol. The maximum Gasteiger partial charge on any atom is 0.293 e. The van der Waals surface area contributed by atoms with Crippen molar-refractivity contribution in [1.29, 1.82) is 0 Å². The SMILES string of the molecule is CC1CN(CC(=O)NC(=O)c2ccco2)CC(C)N1. The molecule has 1 saturated heterocycles. The highest BCUT2D eigenvalue weighted by atomic mass is 16.3. The summed E-state index contributed by atoms with van der Waals surface area (Å²) in [7, 11) is 0. The van der Waals surface area contributed by atoms with E-state index in [0.29, 0.717) is 12.1 Å². The van der Waals surface area contributed by atoms with Gasteiger partial charge in [0.2, 0.25) is 5.91 Å². The summed E-state index contributed by atoms with van der Waals surface area (Å²) in [4.78, 5) is 25.5. The van der Waals surface area contributed by atoms with Gasteiger partial charge in [-0.1, -0.05) is 0 Å². The molecule has 1 fully saturated rings. The van der Waals surface area contributed by atoms with E-state index in [0.717, 1.165) is 13.1 Å². The fraction of sp³-hybridized carbons (Fsp3) is 0.538. The van der Waals surface area contributed by atoms with Crippen molar-refractivity contribution in [1.82, 2.24) is 15.5 Å². The number of hydrogen-bond acceptors (Lipinski definition) is 5. The van der Waals surface area contributed by atoms with Crippen molar-refractivity contribution >= 4 is 11.8 Å². The zero-order valence-corrected chi connectivity index (χ0v) is 11.2. The Morgan fingerprint density at radius 2 is 2.11 bits per heavy atom. The molecule has 19 heavy (non-hydrogen) atoms. The number of piperazine rings is 1. The van der Waals surface area contributed by atoms with Gasteiger partial charge in [-0.2, -0.15) is 0 Å². The summed E-state index contributed by atoms with van der Waals surface area (Å²) in [6.07, 6.45) is 1.40. The molecule has 2 rings (SSSR count). The van der Waals surface area contributed by atoms with E-state index in [-0.39, 0.29) is 18.2 Å². The number of nitrogens with zero attached hydrogens (tertiary/aromatic N) is 1. The third-order valence-corrected chi connectivity index (χ3v) is 3.00. The van der Waals surface area contributed by atoms with Gasteiger partial charge in [0.1, 0.15) is 0 Å². The van der Waals surface area contributed by atoms with Gasteiger partial charge in [-0.05, 0) is 26.0 Å². The molecule has 104 valence electrons. The molecule has 0 aliphatic carbocycles. The minimum Gasteiger partial charge on any atom is -0.459 e. The molecule has 0 bridgehead atoms. The second kappa shape index (κ2) is 5.99. The summed E-state index contributed by atoms with van der Waals surface area (Å²) in [5, 5.41) is 5.72. The lowest BCUT2D eigenvalue weighted by molar-refractivity contribution is -0.121. The molecule has 2 amide bonds. The zero-order valence-electron chi connectivity index (χ0n) is 11.2. The van der Waals surface area contributed by atoms with Crippen LogP contribution in [0.5, 0.6) is 0 Å². The maximum absolute atomic E-state index is 11.8. The summed E-state index contributed by atoms with van der Waals surface area (Å²) in [6, 6.07) is 3.83. The van der Waals surface area contributed by atoms with E-state index < -0.39 is 5.91 Å². The van der Waals surface area contributed by atoms with Crippen LogP contribution in [-0.4, -0.2) is 48.4 Å². The first-order valence-electron chi connectivity index (χ1n) is 6.40. The van der Waals surface area contributed by atoms with Crippen molar-refractivity contribution < 1.29 is 14.0 Å². The summed E-state index contributed by atoms with van der Waals surface area (Å²) >= 11 is 0. The molecule has 1 aromatic heterocycles. The second-order valence-corrected chi connectivity index (χ2v) is 5.02. The van der Waals surface area contributed by atoms with E-state index in [9.17, 15) is 9.59 Å².